The smallest absolute Gasteiger partial charge is 0.236 e. The minimum atomic E-state index is 0.142. The van der Waals surface area contributed by atoms with Crippen LogP contribution in [0.2, 0.25) is 0 Å². The molecule has 0 bridgehead atoms. The number of carbonyl (C=O) groups excluding carboxylic acids is 1. The van der Waals surface area contributed by atoms with Crippen molar-refractivity contribution in [3.63, 3.8) is 0 Å². The van der Waals surface area contributed by atoms with E-state index in [1.165, 1.54) is 0 Å². The van der Waals surface area contributed by atoms with Crippen molar-refractivity contribution in [3.05, 3.63) is 11.6 Å². The molecule has 1 aromatic rings. The second-order valence-corrected chi connectivity index (χ2v) is 6.68. The standard InChI is InChI=1S/C16H27N5O2/c1-12-9-20(7-8-23-12)16(22)11-19-6-4-5-15(19)10-21-14(3)17-13(2)18-21/h12,15H,4-11H2,1-3H3/t12-,15-/m1/s1. The number of carbonyl (C=O) groups is 1. The average molecular weight is 321 g/mol. The number of hydrogen-bond donors (Lipinski definition) is 0. The molecule has 3 rings (SSSR count). The first-order valence-corrected chi connectivity index (χ1v) is 8.54. The molecule has 1 aromatic heterocycles. The molecule has 0 N–H and O–H groups in total. The highest BCUT2D eigenvalue weighted by Gasteiger charge is 2.30. The van der Waals surface area contributed by atoms with Crippen LogP contribution in [0.15, 0.2) is 0 Å². The topological polar surface area (TPSA) is 63.5 Å². The summed E-state index contributed by atoms with van der Waals surface area (Å²) < 4.78 is 7.49. The monoisotopic (exact) mass is 321 g/mol. The minimum Gasteiger partial charge on any atom is -0.375 e. The van der Waals surface area contributed by atoms with E-state index in [-0.39, 0.29) is 12.0 Å². The Morgan fingerprint density at radius 2 is 2.17 bits per heavy atom. The first-order chi connectivity index (χ1) is 11.0. The largest absolute Gasteiger partial charge is 0.375 e. The van der Waals surface area contributed by atoms with Gasteiger partial charge in [-0.25, -0.2) is 9.67 Å². The first-order valence-electron chi connectivity index (χ1n) is 8.54. The average Bonchev–Trinajstić information content (AvgIpc) is 3.06. The van der Waals surface area contributed by atoms with Gasteiger partial charge < -0.3 is 9.64 Å². The maximum atomic E-state index is 12.6. The van der Waals surface area contributed by atoms with Crippen LogP contribution < -0.4 is 0 Å². The molecule has 0 aliphatic carbocycles. The van der Waals surface area contributed by atoms with Crippen molar-refractivity contribution in [3.8, 4) is 0 Å². The van der Waals surface area contributed by atoms with Gasteiger partial charge in [-0.1, -0.05) is 0 Å². The van der Waals surface area contributed by atoms with E-state index in [9.17, 15) is 4.79 Å². The molecule has 2 saturated heterocycles. The maximum Gasteiger partial charge on any atom is 0.236 e. The lowest BCUT2D eigenvalue weighted by Crippen LogP contribution is -2.49. The first kappa shape index (κ1) is 16.4. The summed E-state index contributed by atoms with van der Waals surface area (Å²) in [7, 11) is 0. The number of nitrogens with zero attached hydrogens (tertiary/aromatic N) is 5. The van der Waals surface area contributed by atoms with Crippen molar-refractivity contribution in [2.75, 3.05) is 32.8 Å². The molecular weight excluding hydrogens is 294 g/mol. The summed E-state index contributed by atoms with van der Waals surface area (Å²) in [4.78, 5) is 21.2. The lowest BCUT2D eigenvalue weighted by atomic mass is 10.2. The molecule has 0 unspecified atom stereocenters. The van der Waals surface area contributed by atoms with Gasteiger partial charge in [0.2, 0.25) is 5.91 Å². The second-order valence-electron chi connectivity index (χ2n) is 6.68. The Balaban J connectivity index is 1.58. The van der Waals surface area contributed by atoms with Crippen LogP contribution in [-0.4, -0.2) is 75.4 Å². The normalized spacial score (nSPS) is 26.0. The molecule has 2 aliphatic rings. The van der Waals surface area contributed by atoms with Crippen LogP contribution in [0.3, 0.4) is 0 Å². The van der Waals surface area contributed by atoms with Crippen molar-refractivity contribution in [1.29, 1.82) is 0 Å². The molecule has 7 nitrogen and oxygen atoms in total. The fraction of sp³-hybridized carbons (Fsp3) is 0.812. The number of aromatic nitrogens is 3. The molecule has 0 spiro atoms. The molecule has 0 radical (unpaired) electrons. The van der Waals surface area contributed by atoms with E-state index in [0.29, 0.717) is 32.3 Å². The summed E-state index contributed by atoms with van der Waals surface area (Å²) in [6.45, 7) is 10.3. The van der Waals surface area contributed by atoms with E-state index in [0.717, 1.165) is 37.6 Å². The van der Waals surface area contributed by atoms with Gasteiger partial charge in [0.05, 0.1) is 25.8 Å². The van der Waals surface area contributed by atoms with Crippen LogP contribution in [0.4, 0.5) is 0 Å². The summed E-state index contributed by atoms with van der Waals surface area (Å²) in [5, 5.41) is 4.45. The lowest BCUT2D eigenvalue weighted by Gasteiger charge is -2.33. The number of ether oxygens (including phenoxy) is 1. The van der Waals surface area contributed by atoms with Crippen molar-refractivity contribution in [2.24, 2.45) is 0 Å². The highest BCUT2D eigenvalue weighted by molar-refractivity contribution is 5.78. The van der Waals surface area contributed by atoms with E-state index < -0.39 is 0 Å². The quantitative estimate of drug-likeness (QED) is 0.813. The van der Waals surface area contributed by atoms with Gasteiger partial charge in [0, 0.05) is 19.1 Å². The molecule has 0 aromatic carbocycles. The van der Waals surface area contributed by atoms with Crippen molar-refractivity contribution in [1.82, 2.24) is 24.6 Å². The van der Waals surface area contributed by atoms with Gasteiger partial charge in [0.1, 0.15) is 11.6 Å². The molecular formula is C16H27N5O2. The number of aryl methyl sites for hydroxylation is 2. The molecule has 7 heteroatoms. The SMILES string of the molecule is Cc1nc(C)n(C[C@H]2CCCN2CC(=O)N2CCO[C@H](C)C2)n1. The fourth-order valence-corrected chi connectivity index (χ4v) is 3.56. The number of likely N-dealkylation sites (tertiary alicyclic amines) is 1. The van der Waals surface area contributed by atoms with Crippen molar-refractivity contribution in [2.45, 2.75) is 52.3 Å². The Hall–Kier alpha value is -1.47. The third-order valence-corrected chi connectivity index (χ3v) is 4.78. The number of hydrogen-bond acceptors (Lipinski definition) is 5. The molecule has 23 heavy (non-hydrogen) atoms. The van der Waals surface area contributed by atoms with Crippen LogP contribution >= 0.6 is 0 Å². The summed E-state index contributed by atoms with van der Waals surface area (Å²) in [6, 6.07) is 0.372. The fourth-order valence-electron chi connectivity index (χ4n) is 3.56. The third-order valence-electron chi connectivity index (χ3n) is 4.78. The summed E-state index contributed by atoms with van der Waals surface area (Å²) in [5.74, 6) is 1.98. The molecule has 0 saturated carbocycles. The third kappa shape index (κ3) is 3.90. The Bertz CT molecular complexity index is 559. The highest BCUT2D eigenvalue weighted by Crippen LogP contribution is 2.19. The summed E-state index contributed by atoms with van der Waals surface area (Å²) in [6.07, 6.45) is 2.40. The predicted octanol–water partition coefficient (Wildman–Crippen LogP) is 0.607. The van der Waals surface area contributed by atoms with E-state index in [2.05, 4.69) is 15.0 Å². The molecule has 2 fully saturated rings. The predicted molar refractivity (Wildman–Crippen MR) is 86.1 cm³/mol. The van der Waals surface area contributed by atoms with E-state index in [4.69, 9.17) is 4.74 Å². The molecule has 2 aliphatic heterocycles. The Morgan fingerprint density at radius 3 is 2.87 bits per heavy atom. The molecule has 128 valence electrons. The zero-order chi connectivity index (χ0) is 16.4. The van der Waals surface area contributed by atoms with Crippen molar-refractivity contribution >= 4 is 5.91 Å². The van der Waals surface area contributed by atoms with E-state index in [1.807, 2.05) is 30.4 Å². The van der Waals surface area contributed by atoms with Gasteiger partial charge in [-0.05, 0) is 40.2 Å². The van der Waals surface area contributed by atoms with Crippen LogP contribution in [0.5, 0.6) is 0 Å². The van der Waals surface area contributed by atoms with Crippen LogP contribution in [-0.2, 0) is 16.1 Å². The molecule has 1 amide bonds. The zero-order valence-corrected chi connectivity index (χ0v) is 14.4. The van der Waals surface area contributed by atoms with E-state index >= 15 is 0 Å². The Kier molecular flexibility index (Phi) is 4.96. The van der Waals surface area contributed by atoms with Crippen LogP contribution in [0, 0.1) is 13.8 Å². The highest BCUT2D eigenvalue weighted by atomic mass is 16.5. The summed E-state index contributed by atoms with van der Waals surface area (Å²) in [5.41, 5.74) is 0. The van der Waals surface area contributed by atoms with Crippen molar-refractivity contribution < 1.29 is 9.53 Å². The van der Waals surface area contributed by atoms with Gasteiger partial charge in [-0.15, -0.1) is 0 Å². The second kappa shape index (κ2) is 6.97. The Labute approximate surface area is 137 Å². The number of morpholine rings is 1. The maximum absolute atomic E-state index is 12.6. The zero-order valence-electron chi connectivity index (χ0n) is 14.4. The summed E-state index contributed by atoms with van der Waals surface area (Å²) >= 11 is 0. The van der Waals surface area contributed by atoms with Gasteiger partial charge in [0.15, 0.2) is 0 Å². The molecule has 2 atom stereocenters. The van der Waals surface area contributed by atoms with E-state index in [1.54, 1.807) is 0 Å². The Morgan fingerprint density at radius 1 is 1.35 bits per heavy atom. The van der Waals surface area contributed by atoms with Crippen LogP contribution in [0.1, 0.15) is 31.4 Å². The van der Waals surface area contributed by atoms with Gasteiger partial charge in [-0.3, -0.25) is 9.69 Å². The van der Waals surface area contributed by atoms with Gasteiger partial charge in [-0.2, -0.15) is 5.10 Å². The molecule has 3 heterocycles. The lowest BCUT2D eigenvalue weighted by molar-refractivity contribution is -0.139. The minimum absolute atomic E-state index is 0.142. The van der Waals surface area contributed by atoms with Gasteiger partial charge >= 0.3 is 0 Å². The number of rotatable bonds is 4. The number of amides is 1. The van der Waals surface area contributed by atoms with Crippen LogP contribution in [0.25, 0.3) is 0 Å². The van der Waals surface area contributed by atoms with Gasteiger partial charge in [0.25, 0.3) is 0 Å².